The topological polar surface area (TPSA) is 81.8 Å². The minimum atomic E-state index is 0. The summed E-state index contributed by atoms with van der Waals surface area (Å²) in [7, 11) is 0. The minimum absolute atomic E-state index is 0. The van der Waals surface area contributed by atoms with Crippen LogP contribution < -0.4 is 34.0 Å². The molecule has 0 saturated carbocycles. The largest absolute Gasteiger partial charge is 2.00 e. The predicted molar refractivity (Wildman–Crippen MR) is 139 cm³/mol. The fourth-order valence-corrected chi connectivity index (χ4v) is 3.43. The first-order chi connectivity index (χ1) is 14.9. The molecule has 2 rings (SSSR count). The van der Waals surface area contributed by atoms with Crippen LogP contribution in [0.4, 0.5) is 0 Å². The Kier molecular flexibility index (Phi) is 31.2. The molecule has 0 aromatic carbocycles. The van der Waals surface area contributed by atoms with Crippen molar-refractivity contribution in [3.63, 3.8) is 0 Å². The molecule has 0 heterocycles. The monoisotopic (exact) mass is 656 g/mol. The van der Waals surface area contributed by atoms with Crippen molar-refractivity contribution in [1.82, 2.24) is 0 Å². The predicted octanol–water partition coefficient (Wildman–Crippen LogP) is 1.10. The second kappa shape index (κ2) is 24.8. The van der Waals surface area contributed by atoms with Gasteiger partial charge in [-0.05, 0) is 34.8 Å². The van der Waals surface area contributed by atoms with Gasteiger partial charge in [-0.25, -0.2) is 0 Å². The summed E-state index contributed by atoms with van der Waals surface area (Å²) in [5.74, 6) is 2.65. The van der Waals surface area contributed by atoms with Gasteiger partial charge in [-0.3, -0.25) is 12.6 Å². The van der Waals surface area contributed by atoms with Gasteiger partial charge in [0, 0.05) is 23.3 Å². The van der Waals surface area contributed by atoms with Crippen molar-refractivity contribution in [2.45, 2.75) is 69.2 Å². The maximum Gasteiger partial charge on any atom is 2.00 e. The van der Waals surface area contributed by atoms with Gasteiger partial charge in [-0.15, -0.1) is 0 Å². The maximum atomic E-state index is 8.68. The van der Waals surface area contributed by atoms with Gasteiger partial charge >= 0.3 is 16.5 Å². The van der Waals surface area contributed by atoms with Crippen LogP contribution in [0.15, 0.2) is 47.6 Å². The van der Waals surface area contributed by atoms with Crippen LogP contribution >= 0.6 is 0 Å². The molecule has 2 unspecified atom stereocenters. The number of allylic oxidation sites excluding steroid dienone is 8. The first-order valence-corrected chi connectivity index (χ1v) is 11.4. The number of hydrogen-bond acceptors (Lipinski definition) is 4. The van der Waals surface area contributed by atoms with Crippen molar-refractivity contribution in [3.8, 4) is 0 Å². The summed E-state index contributed by atoms with van der Waals surface area (Å²) in [5, 5.41) is 16.1. The molecule has 0 aromatic heterocycles. The van der Waals surface area contributed by atoms with Gasteiger partial charge in [-0.1, -0.05) is 91.8 Å². The van der Waals surface area contributed by atoms with Gasteiger partial charge in [0.2, 0.25) is 0 Å². The van der Waals surface area contributed by atoms with Crippen LogP contribution in [0.5, 0.6) is 0 Å². The molecule has 2 N–H and O–H groups in total. The molecule has 2 atom stereocenters. The summed E-state index contributed by atoms with van der Waals surface area (Å²) in [6.45, 7) is 19.9. The SMILES string of the molecule is CC(C)C1=CC=CC(C(C)C)C1=N.CC(C)C1=CC=CC(C(C)C)C1=N.C[C-]=O.C[C-]=O.[Br-].[Br-].[Ni+2]. The Morgan fingerprint density at radius 3 is 1.06 bits per heavy atom. The van der Waals surface area contributed by atoms with Crippen molar-refractivity contribution < 1.29 is 60.0 Å². The van der Waals surface area contributed by atoms with Crippen LogP contribution in [0.25, 0.3) is 0 Å². The molecule has 4 nitrogen and oxygen atoms in total. The number of rotatable bonds is 4. The molecule has 204 valence electrons. The van der Waals surface area contributed by atoms with Crippen molar-refractivity contribution in [1.29, 1.82) is 10.8 Å². The number of hydrogen-bond donors (Lipinski definition) is 2. The molecular weight excluding hydrogens is 615 g/mol. The summed E-state index contributed by atoms with van der Waals surface area (Å²) >= 11 is 0. The fourth-order valence-electron chi connectivity index (χ4n) is 3.43. The minimum Gasteiger partial charge on any atom is -1.00 e. The molecule has 35 heavy (non-hydrogen) atoms. The first kappa shape index (κ1) is 44.1. The van der Waals surface area contributed by atoms with E-state index in [9.17, 15) is 0 Å². The number of carbonyl (C=O) groups excluding carboxylic acids is 2. The van der Waals surface area contributed by atoms with Gasteiger partial charge in [0.05, 0.1) is 0 Å². The van der Waals surface area contributed by atoms with Crippen molar-refractivity contribution >= 4 is 24.0 Å². The Hall–Kier alpha value is -0.906. The standard InChI is InChI=1S/2C12H19N.2C2H3O.2BrH.Ni/c2*1-8(2)10-6-5-7-11(9(3)4)12(10)13;2*1-2-3;;;/h2*5-10,13H,1-4H3;2*1H3;2*1H;/q;;2*-1;;;+2/p-2. The Morgan fingerprint density at radius 2 is 0.886 bits per heavy atom. The van der Waals surface area contributed by atoms with E-state index in [4.69, 9.17) is 20.4 Å². The van der Waals surface area contributed by atoms with E-state index in [2.05, 4.69) is 91.8 Å². The molecular formula is C28H44Br2N2NiO2-2. The van der Waals surface area contributed by atoms with Crippen LogP contribution in [0.1, 0.15) is 69.2 Å². The van der Waals surface area contributed by atoms with Crippen LogP contribution in [-0.2, 0) is 26.1 Å². The van der Waals surface area contributed by atoms with E-state index >= 15 is 0 Å². The summed E-state index contributed by atoms with van der Waals surface area (Å²) in [6, 6.07) is 0. The molecule has 7 heteroatoms. The van der Waals surface area contributed by atoms with Crippen LogP contribution in [-0.4, -0.2) is 24.0 Å². The van der Waals surface area contributed by atoms with Crippen LogP contribution in [0.2, 0.25) is 0 Å². The normalized spacial score (nSPS) is 17.7. The molecule has 2 aliphatic rings. The molecule has 0 bridgehead atoms. The van der Waals surface area contributed by atoms with Gasteiger partial charge < -0.3 is 54.4 Å². The van der Waals surface area contributed by atoms with Gasteiger partial charge in [0.1, 0.15) is 0 Å². The maximum absolute atomic E-state index is 8.68. The zero-order chi connectivity index (χ0) is 25.4. The van der Waals surface area contributed by atoms with Crippen molar-refractivity contribution in [3.05, 3.63) is 47.6 Å². The molecule has 0 amide bonds. The van der Waals surface area contributed by atoms with E-state index in [-0.39, 0.29) is 50.5 Å². The van der Waals surface area contributed by atoms with Crippen molar-refractivity contribution in [2.24, 2.45) is 35.5 Å². The summed E-state index contributed by atoms with van der Waals surface area (Å²) in [5.41, 5.74) is 4.02. The zero-order valence-electron chi connectivity index (χ0n) is 22.8. The summed E-state index contributed by atoms with van der Waals surface area (Å²) in [4.78, 5) is 17.4. The van der Waals surface area contributed by atoms with Gasteiger partial charge in [0.25, 0.3) is 0 Å². The zero-order valence-corrected chi connectivity index (χ0v) is 27.0. The number of halogens is 2. The molecule has 2 aliphatic carbocycles. The van der Waals surface area contributed by atoms with E-state index < -0.39 is 0 Å². The molecule has 0 saturated heterocycles. The third-order valence-electron chi connectivity index (χ3n) is 5.16. The average molecular weight is 659 g/mol. The second-order valence-corrected chi connectivity index (χ2v) is 9.10. The Bertz CT molecular complexity index is 675. The Morgan fingerprint density at radius 1 is 0.657 bits per heavy atom. The quantitative estimate of drug-likeness (QED) is 0.351. The van der Waals surface area contributed by atoms with E-state index in [1.807, 2.05) is 0 Å². The molecule has 0 aliphatic heterocycles. The molecule has 0 spiro atoms. The van der Waals surface area contributed by atoms with E-state index in [0.29, 0.717) is 35.5 Å². The van der Waals surface area contributed by atoms with Crippen molar-refractivity contribution in [2.75, 3.05) is 0 Å². The average Bonchev–Trinajstić information content (AvgIpc) is 2.69. The van der Waals surface area contributed by atoms with Crippen LogP contribution in [0.3, 0.4) is 0 Å². The molecule has 0 aromatic rings. The summed E-state index contributed by atoms with van der Waals surface area (Å²) in [6.07, 6.45) is 15.6. The smallest absolute Gasteiger partial charge is 1.00 e. The Balaban J connectivity index is -0.000000131. The molecule has 0 radical (unpaired) electrons. The third kappa shape index (κ3) is 17.2. The van der Waals surface area contributed by atoms with Crippen LogP contribution in [0, 0.1) is 46.3 Å². The second-order valence-electron chi connectivity index (χ2n) is 9.10. The first-order valence-electron chi connectivity index (χ1n) is 11.4. The van der Waals surface area contributed by atoms with Gasteiger partial charge in [0.15, 0.2) is 0 Å². The van der Waals surface area contributed by atoms with E-state index in [0.717, 1.165) is 11.4 Å². The molecule has 0 fully saturated rings. The van der Waals surface area contributed by atoms with Gasteiger partial charge in [-0.2, -0.15) is 13.8 Å². The fraction of sp³-hybridized carbons (Fsp3) is 0.571. The van der Waals surface area contributed by atoms with E-state index in [1.165, 1.54) is 37.6 Å². The third-order valence-corrected chi connectivity index (χ3v) is 5.16. The Labute approximate surface area is 246 Å². The van der Waals surface area contributed by atoms with E-state index in [1.54, 1.807) is 0 Å². The number of nitrogens with one attached hydrogen (secondary N) is 2. The summed E-state index contributed by atoms with van der Waals surface area (Å²) < 4.78 is 0.